The molecule has 0 saturated carbocycles. The van der Waals surface area contributed by atoms with Crippen molar-refractivity contribution in [1.82, 2.24) is 5.32 Å². The summed E-state index contributed by atoms with van der Waals surface area (Å²) < 4.78 is 8.73. The molecular formula is C6H10NO4. The van der Waals surface area contributed by atoms with E-state index >= 15 is 0 Å². The van der Waals surface area contributed by atoms with Gasteiger partial charge in [0.25, 0.3) is 5.91 Å². The van der Waals surface area contributed by atoms with Gasteiger partial charge in [-0.15, -0.1) is 0 Å². The van der Waals surface area contributed by atoms with Crippen molar-refractivity contribution in [2.24, 2.45) is 0 Å². The van der Waals surface area contributed by atoms with Gasteiger partial charge in [0.2, 0.25) is 0 Å². The Kier molecular flexibility index (Phi) is 6.31. The number of ether oxygens (including phenoxy) is 2. The molecular weight excluding hydrogens is 150 g/mol. The van der Waals surface area contributed by atoms with E-state index in [9.17, 15) is 9.59 Å². The first-order valence-corrected chi connectivity index (χ1v) is 3.06. The summed E-state index contributed by atoms with van der Waals surface area (Å²) in [7, 11) is 1.53. The standard InChI is InChI=1S/C6H10NO4/c1-10-3-2-7-6(9)4-11-5-8/h2-4H2,1H3,(H,7,9). The topological polar surface area (TPSA) is 64.6 Å². The number of hydrogen-bond acceptors (Lipinski definition) is 4. The average molecular weight is 160 g/mol. The number of nitrogens with one attached hydrogen (secondary N) is 1. The number of methoxy groups -OCH3 is 1. The molecule has 0 fully saturated rings. The molecule has 0 spiro atoms. The van der Waals surface area contributed by atoms with Crippen LogP contribution in [0.3, 0.4) is 0 Å². The van der Waals surface area contributed by atoms with E-state index in [1.165, 1.54) is 7.11 Å². The van der Waals surface area contributed by atoms with Crippen LogP contribution in [0.1, 0.15) is 0 Å². The lowest BCUT2D eigenvalue weighted by Gasteiger charge is -2.01. The van der Waals surface area contributed by atoms with Crippen molar-refractivity contribution in [2.75, 3.05) is 26.9 Å². The Labute approximate surface area is 64.7 Å². The van der Waals surface area contributed by atoms with Gasteiger partial charge >= 0.3 is 6.47 Å². The Morgan fingerprint density at radius 2 is 2.36 bits per heavy atom. The minimum Gasteiger partial charge on any atom is -0.447 e. The number of carbonyl (C=O) groups excluding carboxylic acids is 2. The quantitative estimate of drug-likeness (QED) is 0.497. The highest BCUT2D eigenvalue weighted by atomic mass is 16.5. The Bertz CT molecular complexity index is 126. The van der Waals surface area contributed by atoms with Gasteiger partial charge in [-0.3, -0.25) is 4.79 Å². The second-order valence-electron chi connectivity index (χ2n) is 1.71. The van der Waals surface area contributed by atoms with Crippen LogP contribution in [0.5, 0.6) is 0 Å². The molecule has 0 aromatic rings. The summed E-state index contributed by atoms with van der Waals surface area (Å²) in [5.74, 6) is -0.356. The zero-order valence-corrected chi connectivity index (χ0v) is 6.25. The highest BCUT2D eigenvalue weighted by Gasteiger charge is 1.98. The minimum absolute atomic E-state index is 0.285. The molecule has 1 N–H and O–H groups in total. The van der Waals surface area contributed by atoms with Gasteiger partial charge in [0.1, 0.15) is 0 Å². The van der Waals surface area contributed by atoms with E-state index in [1.54, 1.807) is 0 Å². The monoisotopic (exact) mass is 160 g/mol. The summed E-state index contributed by atoms with van der Waals surface area (Å²) in [6, 6.07) is 0. The summed E-state index contributed by atoms with van der Waals surface area (Å²) >= 11 is 0. The Hall–Kier alpha value is -1.10. The van der Waals surface area contributed by atoms with Crippen LogP contribution in [0, 0.1) is 0 Å². The van der Waals surface area contributed by atoms with Gasteiger partial charge in [-0.25, -0.2) is 4.79 Å². The van der Waals surface area contributed by atoms with E-state index in [1.807, 2.05) is 0 Å². The Morgan fingerprint density at radius 3 is 2.91 bits per heavy atom. The SMILES string of the molecule is COCCNC(=O)CO[C]=O. The molecule has 0 atom stereocenters. The number of hydrogen-bond donors (Lipinski definition) is 1. The lowest BCUT2D eigenvalue weighted by molar-refractivity contribution is -0.123. The zero-order valence-electron chi connectivity index (χ0n) is 6.25. The van der Waals surface area contributed by atoms with Crippen molar-refractivity contribution in [1.29, 1.82) is 0 Å². The molecule has 5 heteroatoms. The van der Waals surface area contributed by atoms with Crippen LogP contribution >= 0.6 is 0 Å². The summed E-state index contributed by atoms with van der Waals surface area (Å²) in [6.45, 7) is 1.72. The van der Waals surface area contributed by atoms with E-state index in [0.717, 1.165) is 6.47 Å². The molecule has 0 aliphatic heterocycles. The van der Waals surface area contributed by atoms with Crippen LogP contribution in [-0.4, -0.2) is 39.2 Å². The van der Waals surface area contributed by atoms with Crippen LogP contribution in [0.15, 0.2) is 0 Å². The maximum absolute atomic E-state index is 10.6. The van der Waals surface area contributed by atoms with Crippen LogP contribution in [0.4, 0.5) is 0 Å². The van der Waals surface area contributed by atoms with Crippen molar-refractivity contribution in [2.45, 2.75) is 0 Å². The lowest BCUT2D eigenvalue weighted by Crippen LogP contribution is -2.30. The molecule has 0 aliphatic rings. The van der Waals surface area contributed by atoms with Crippen molar-refractivity contribution in [3.05, 3.63) is 0 Å². The normalized spacial score (nSPS) is 8.82. The summed E-state index contributed by atoms with van der Waals surface area (Å²) in [4.78, 5) is 20.1. The summed E-state index contributed by atoms with van der Waals surface area (Å²) in [5.41, 5.74) is 0. The van der Waals surface area contributed by atoms with Crippen LogP contribution in [0.25, 0.3) is 0 Å². The first-order chi connectivity index (χ1) is 5.31. The number of amides is 1. The third-order valence-electron chi connectivity index (χ3n) is 0.891. The van der Waals surface area contributed by atoms with Gasteiger partial charge in [0.05, 0.1) is 6.61 Å². The molecule has 0 aliphatic carbocycles. The van der Waals surface area contributed by atoms with Crippen molar-refractivity contribution < 1.29 is 19.1 Å². The van der Waals surface area contributed by atoms with Gasteiger partial charge in [-0.2, -0.15) is 0 Å². The molecule has 5 nitrogen and oxygen atoms in total. The first-order valence-electron chi connectivity index (χ1n) is 3.06. The summed E-state index contributed by atoms with van der Waals surface area (Å²) in [6.07, 6.45) is 0. The smallest absolute Gasteiger partial charge is 0.418 e. The molecule has 0 rings (SSSR count). The second kappa shape index (κ2) is 7.01. The van der Waals surface area contributed by atoms with Gasteiger partial charge in [-0.1, -0.05) is 0 Å². The fraction of sp³-hybridized carbons (Fsp3) is 0.667. The highest BCUT2D eigenvalue weighted by Crippen LogP contribution is 1.70. The maximum Gasteiger partial charge on any atom is 0.418 e. The molecule has 63 valence electrons. The fourth-order valence-electron chi connectivity index (χ4n) is 0.439. The average Bonchev–Trinajstić information content (AvgIpc) is 2.01. The fourth-order valence-corrected chi connectivity index (χ4v) is 0.439. The Balaban J connectivity index is 3.15. The van der Waals surface area contributed by atoms with Crippen molar-refractivity contribution in [3.63, 3.8) is 0 Å². The molecule has 0 aromatic heterocycles. The van der Waals surface area contributed by atoms with Crippen LogP contribution in [-0.2, 0) is 19.1 Å². The molecule has 0 bridgehead atoms. The lowest BCUT2D eigenvalue weighted by atomic mass is 10.6. The minimum atomic E-state index is -0.356. The van der Waals surface area contributed by atoms with E-state index in [2.05, 4.69) is 14.8 Å². The molecule has 0 unspecified atom stereocenters. The van der Waals surface area contributed by atoms with Gasteiger partial charge < -0.3 is 14.8 Å². The number of rotatable bonds is 6. The largest absolute Gasteiger partial charge is 0.447 e. The zero-order chi connectivity index (χ0) is 8.53. The van der Waals surface area contributed by atoms with E-state index in [-0.39, 0.29) is 12.5 Å². The predicted octanol–water partition coefficient (Wildman–Crippen LogP) is -1.17. The molecule has 1 amide bonds. The van der Waals surface area contributed by atoms with Crippen molar-refractivity contribution in [3.8, 4) is 0 Å². The van der Waals surface area contributed by atoms with E-state index in [4.69, 9.17) is 0 Å². The highest BCUT2D eigenvalue weighted by molar-refractivity contribution is 5.77. The third kappa shape index (κ3) is 6.79. The van der Waals surface area contributed by atoms with Crippen LogP contribution in [0.2, 0.25) is 0 Å². The molecule has 0 saturated heterocycles. The Morgan fingerprint density at radius 1 is 1.64 bits per heavy atom. The van der Waals surface area contributed by atoms with E-state index in [0.29, 0.717) is 13.2 Å². The van der Waals surface area contributed by atoms with Gasteiger partial charge in [-0.05, 0) is 0 Å². The predicted molar refractivity (Wildman–Crippen MR) is 36.5 cm³/mol. The molecule has 0 aromatic carbocycles. The van der Waals surface area contributed by atoms with Gasteiger partial charge in [0, 0.05) is 13.7 Å². The molecule has 0 heterocycles. The second-order valence-corrected chi connectivity index (χ2v) is 1.71. The summed E-state index contributed by atoms with van der Waals surface area (Å²) in [5, 5.41) is 2.45. The third-order valence-corrected chi connectivity index (χ3v) is 0.891. The molecule has 11 heavy (non-hydrogen) atoms. The van der Waals surface area contributed by atoms with E-state index < -0.39 is 0 Å². The maximum atomic E-state index is 10.6. The van der Waals surface area contributed by atoms with Crippen LogP contribution < -0.4 is 5.32 Å². The molecule has 1 radical (unpaired) electrons. The van der Waals surface area contributed by atoms with Gasteiger partial charge in [0.15, 0.2) is 6.61 Å². The number of carbonyl (C=O) groups is 1. The van der Waals surface area contributed by atoms with Crippen molar-refractivity contribution >= 4 is 12.4 Å². The first kappa shape index (κ1) is 9.90.